The van der Waals surface area contributed by atoms with Gasteiger partial charge in [-0.2, -0.15) is 4.98 Å². The summed E-state index contributed by atoms with van der Waals surface area (Å²) in [6.07, 6.45) is 4.81. The first-order valence-electron chi connectivity index (χ1n) is 10.2. The second-order valence-corrected chi connectivity index (χ2v) is 7.50. The smallest absolute Gasteiger partial charge is 0.347 e. The van der Waals surface area contributed by atoms with Crippen molar-refractivity contribution in [2.75, 3.05) is 19.7 Å². The van der Waals surface area contributed by atoms with E-state index < -0.39 is 0 Å². The van der Waals surface area contributed by atoms with Crippen molar-refractivity contribution >= 4 is 5.91 Å². The largest absolute Gasteiger partial charge is 0.368 e. The zero-order chi connectivity index (χ0) is 21.8. The van der Waals surface area contributed by atoms with E-state index in [1.165, 1.54) is 10.9 Å². The van der Waals surface area contributed by atoms with Crippen molar-refractivity contribution in [3.8, 4) is 11.3 Å². The van der Waals surface area contributed by atoms with E-state index in [1.807, 2.05) is 31.2 Å². The fraction of sp³-hybridized carbons (Fsp3) is 0.364. The number of amides is 1. The highest BCUT2D eigenvalue weighted by atomic mass is 16.5. The molecule has 9 heteroatoms. The van der Waals surface area contributed by atoms with Gasteiger partial charge in [0.05, 0.1) is 24.5 Å². The number of nitrogens with zero attached hydrogens (tertiary/aromatic N) is 6. The van der Waals surface area contributed by atoms with Crippen LogP contribution in [0.4, 0.5) is 0 Å². The lowest BCUT2D eigenvalue weighted by molar-refractivity contribution is -0.139. The molecule has 1 atom stereocenters. The van der Waals surface area contributed by atoms with Gasteiger partial charge in [-0.25, -0.2) is 19.7 Å². The average Bonchev–Trinajstić information content (AvgIpc) is 2.79. The van der Waals surface area contributed by atoms with Gasteiger partial charge in [0.1, 0.15) is 12.4 Å². The monoisotopic (exact) mass is 420 g/mol. The Morgan fingerprint density at radius 2 is 2.00 bits per heavy atom. The first-order valence-corrected chi connectivity index (χ1v) is 10.2. The highest BCUT2D eigenvalue weighted by molar-refractivity contribution is 5.76. The SMILES string of the molecule is Cc1cc(C)n(CCC(=O)N2CCOC(c3cccc(-c4cncnc4)n3)C2)c(=O)n1. The molecule has 1 unspecified atom stereocenters. The van der Waals surface area contributed by atoms with Crippen LogP contribution in [0.3, 0.4) is 0 Å². The number of ether oxygens (including phenoxy) is 1. The number of pyridine rings is 1. The van der Waals surface area contributed by atoms with E-state index in [0.717, 1.165) is 22.6 Å². The number of morpholine rings is 1. The number of aromatic nitrogens is 5. The summed E-state index contributed by atoms with van der Waals surface area (Å²) in [6, 6.07) is 7.54. The summed E-state index contributed by atoms with van der Waals surface area (Å²) in [7, 11) is 0. The Labute approximate surface area is 179 Å². The second kappa shape index (κ2) is 9.13. The maximum Gasteiger partial charge on any atom is 0.347 e. The summed E-state index contributed by atoms with van der Waals surface area (Å²) in [4.78, 5) is 43.4. The summed E-state index contributed by atoms with van der Waals surface area (Å²) in [5, 5.41) is 0. The minimum Gasteiger partial charge on any atom is -0.368 e. The minimum atomic E-state index is -0.323. The third-order valence-corrected chi connectivity index (χ3v) is 5.27. The standard InChI is InChI=1S/C22H24N6O3/c1-15-10-16(2)28(22(30)25-15)7-6-21(29)27-8-9-31-20(13-27)19-5-3-4-18(26-19)17-11-23-14-24-12-17/h3-5,10-12,14,20H,6-9,13H2,1-2H3. The number of carbonyl (C=O) groups excluding carboxylic acids is 1. The molecule has 0 spiro atoms. The Balaban J connectivity index is 1.43. The van der Waals surface area contributed by atoms with Gasteiger partial charge in [0, 0.05) is 48.9 Å². The Morgan fingerprint density at radius 3 is 2.77 bits per heavy atom. The zero-order valence-electron chi connectivity index (χ0n) is 17.6. The predicted molar refractivity (Wildman–Crippen MR) is 113 cm³/mol. The molecule has 3 aromatic rings. The molecular formula is C22H24N6O3. The first kappa shape index (κ1) is 20.8. The van der Waals surface area contributed by atoms with Gasteiger partial charge in [0.2, 0.25) is 5.91 Å². The summed E-state index contributed by atoms with van der Waals surface area (Å²) < 4.78 is 7.43. The average molecular weight is 420 g/mol. The summed E-state index contributed by atoms with van der Waals surface area (Å²) in [5.41, 5.74) is 3.49. The molecule has 1 amide bonds. The highest BCUT2D eigenvalue weighted by Crippen LogP contribution is 2.24. The Kier molecular flexibility index (Phi) is 6.13. The molecule has 9 nitrogen and oxygen atoms in total. The van der Waals surface area contributed by atoms with Crippen LogP contribution in [0.2, 0.25) is 0 Å². The molecule has 1 fully saturated rings. The van der Waals surface area contributed by atoms with Crippen LogP contribution >= 0.6 is 0 Å². The van der Waals surface area contributed by atoms with Crippen molar-refractivity contribution in [2.45, 2.75) is 32.9 Å². The number of hydrogen-bond acceptors (Lipinski definition) is 7. The van der Waals surface area contributed by atoms with Crippen LogP contribution in [-0.2, 0) is 16.1 Å². The second-order valence-electron chi connectivity index (χ2n) is 7.50. The third kappa shape index (κ3) is 4.83. The molecule has 1 aliphatic rings. The molecule has 0 bridgehead atoms. The molecule has 0 N–H and O–H groups in total. The molecule has 0 saturated carbocycles. The van der Waals surface area contributed by atoms with Crippen molar-refractivity contribution in [2.24, 2.45) is 0 Å². The van der Waals surface area contributed by atoms with Crippen LogP contribution in [0.1, 0.15) is 29.6 Å². The summed E-state index contributed by atoms with van der Waals surface area (Å²) in [5.74, 6) is -0.0206. The van der Waals surface area contributed by atoms with Crippen molar-refractivity contribution in [1.29, 1.82) is 0 Å². The predicted octanol–water partition coefficient (Wildman–Crippen LogP) is 1.70. The lowest BCUT2D eigenvalue weighted by atomic mass is 10.1. The van der Waals surface area contributed by atoms with Gasteiger partial charge < -0.3 is 9.64 Å². The van der Waals surface area contributed by atoms with Crippen molar-refractivity contribution in [3.63, 3.8) is 0 Å². The number of hydrogen-bond donors (Lipinski definition) is 0. The molecule has 0 radical (unpaired) electrons. The van der Waals surface area contributed by atoms with Crippen LogP contribution in [0.15, 0.2) is 47.8 Å². The highest BCUT2D eigenvalue weighted by Gasteiger charge is 2.26. The van der Waals surface area contributed by atoms with Crippen LogP contribution in [0.25, 0.3) is 11.3 Å². The normalized spacial score (nSPS) is 16.3. The first-order chi connectivity index (χ1) is 15.0. The van der Waals surface area contributed by atoms with Crippen LogP contribution in [0, 0.1) is 13.8 Å². The molecule has 4 rings (SSSR count). The molecular weight excluding hydrogens is 396 g/mol. The van der Waals surface area contributed by atoms with Crippen LogP contribution < -0.4 is 5.69 Å². The van der Waals surface area contributed by atoms with Crippen molar-refractivity contribution in [1.82, 2.24) is 29.4 Å². The van der Waals surface area contributed by atoms with Crippen LogP contribution in [-0.4, -0.2) is 55.0 Å². The van der Waals surface area contributed by atoms with Gasteiger partial charge in [-0.05, 0) is 32.0 Å². The van der Waals surface area contributed by atoms with Gasteiger partial charge in [0.15, 0.2) is 0 Å². The quantitative estimate of drug-likeness (QED) is 0.619. The molecule has 0 aromatic carbocycles. The number of aryl methyl sites for hydroxylation is 2. The van der Waals surface area contributed by atoms with Crippen molar-refractivity contribution in [3.05, 3.63) is 70.6 Å². The van der Waals surface area contributed by atoms with E-state index >= 15 is 0 Å². The summed E-state index contributed by atoms with van der Waals surface area (Å²) >= 11 is 0. The maximum atomic E-state index is 12.8. The topological polar surface area (TPSA) is 103 Å². The van der Waals surface area contributed by atoms with Gasteiger partial charge in [0.25, 0.3) is 0 Å². The lowest BCUT2D eigenvalue weighted by Crippen LogP contribution is -2.43. The van der Waals surface area contributed by atoms with E-state index in [2.05, 4.69) is 19.9 Å². The molecule has 31 heavy (non-hydrogen) atoms. The lowest BCUT2D eigenvalue weighted by Gasteiger charge is -2.33. The Hall–Kier alpha value is -3.46. The van der Waals surface area contributed by atoms with E-state index in [1.54, 1.807) is 24.2 Å². The van der Waals surface area contributed by atoms with Crippen molar-refractivity contribution < 1.29 is 9.53 Å². The fourth-order valence-electron chi connectivity index (χ4n) is 3.69. The van der Waals surface area contributed by atoms with E-state index in [-0.39, 0.29) is 24.1 Å². The molecule has 1 saturated heterocycles. The molecule has 1 aliphatic heterocycles. The molecule has 4 heterocycles. The summed E-state index contributed by atoms with van der Waals surface area (Å²) in [6.45, 7) is 5.30. The number of rotatable bonds is 5. The number of carbonyl (C=O) groups is 1. The van der Waals surface area contributed by atoms with Gasteiger partial charge >= 0.3 is 5.69 Å². The minimum absolute atomic E-state index is 0.0206. The molecule has 160 valence electrons. The van der Waals surface area contributed by atoms with E-state index in [0.29, 0.717) is 31.9 Å². The van der Waals surface area contributed by atoms with E-state index in [9.17, 15) is 9.59 Å². The third-order valence-electron chi connectivity index (χ3n) is 5.27. The zero-order valence-corrected chi connectivity index (χ0v) is 17.6. The molecule has 0 aliphatic carbocycles. The van der Waals surface area contributed by atoms with Gasteiger partial charge in [-0.1, -0.05) is 6.07 Å². The maximum absolute atomic E-state index is 12.8. The van der Waals surface area contributed by atoms with E-state index in [4.69, 9.17) is 4.74 Å². The van der Waals surface area contributed by atoms with Gasteiger partial charge in [-0.3, -0.25) is 9.36 Å². The molecule has 3 aromatic heterocycles. The van der Waals surface area contributed by atoms with Gasteiger partial charge in [-0.15, -0.1) is 0 Å². The van der Waals surface area contributed by atoms with Crippen LogP contribution in [0.5, 0.6) is 0 Å². The fourth-order valence-corrected chi connectivity index (χ4v) is 3.69. The Bertz CT molecular complexity index is 1130. The Morgan fingerprint density at radius 1 is 1.19 bits per heavy atom.